The van der Waals surface area contributed by atoms with Crippen LogP contribution in [-0.4, -0.2) is 17.0 Å². The number of rotatable bonds is 4. The molecule has 2 rings (SSSR count). The van der Waals surface area contributed by atoms with Crippen molar-refractivity contribution in [3.63, 3.8) is 0 Å². The molecule has 0 aliphatic carbocycles. The van der Waals surface area contributed by atoms with Gasteiger partial charge in [-0.3, -0.25) is 0 Å². The average molecular weight is 242 g/mol. The lowest BCUT2D eigenvalue weighted by Crippen LogP contribution is -2.32. The Kier molecular flexibility index (Phi) is 3.59. The van der Waals surface area contributed by atoms with Crippen LogP contribution in [0.3, 0.4) is 0 Å². The second-order valence-corrected chi connectivity index (χ2v) is 6.99. The molecule has 1 unspecified atom stereocenters. The summed E-state index contributed by atoms with van der Waals surface area (Å²) in [7, 11) is 0. The topological polar surface area (TPSA) is 38.0 Å². The van der Waals surface area contributed by atoms with Crippen LogP contribution in [0.5, 0.6) is 0 Å². The maximum atomic E-state index is 5.83. The molecule has 1 fully saturated rings. The summed E-state index contributed by atoms with van der Waals surface area (Å²) in [6.07, 6.45) is 2.70. The molecule has 0 spiro atoms. The summed E-state index contributed by atoms with van der Waals surface area (Å²) in [6.45, 7) is 4.37. The molecule has 15 heavy (non-hydrogen) atoms. The second kappa shape index (κ2) is 4.76. The van der Waals surface area contributed by atoms with Crippen LogP contribution in [-0.2, 0) is 6.54 Å². The van der Waals surface area contributed by atoms with Crippen molar-refractivity contribution in [2.24, 2.45) is 0 Å². The first kappa shape index (κ1) is 11.3. The molecule has 0 radical (unpaired) electrons. The normalized spacial score (nSPS) is 25.9. The summed E-state index contributed by atoms with van der Waals surface area (Å²) in [6, 6.07) is 1.98. The third-order valence-electron chi connectivity index (χ3n) is 2.86. The van der Waals surface area contributed by atoms with Gasteiger partial charge in [0.1, 0.15) is 0 Å². The second-order valence-electron chi connectivity index (χ2n) is 4.30. The van der Waals surface area contributed by atoms with Crippen LogP contribution in [0.25, 0.3) is 0 Å². The zero-order valence-electron chi connectivity index (χ0n) is 9.08. The lowest BCUT2D eigenvalue weighted by atomic mass is 10.1. The summed E-state index contributed by atoms with van der Waals surface area (Å²) in [4.78, 5) is 1.27. The molecule has 0 amide bonds. The van der Waals surface area contributed by atoms with E-state index < -0.39 is 0 Å². The van der Waals surface area contributed by atoms with Crippen molar-refractivity contribution in [1.82, 2.24) is 5.32 Å². The van der Waals surface area contributed by atoms with E-state index >= 15 is 0 Å². The summed E-state index contributed by atoms with van der Waals surface area (Å²) in [5, 5.41) is 5.57. The summed E-state index contributed by atoms with van der Waals surface area (Å²) in [5.41, 5.74) is 6.76. The maximum Gasteiger partial charge on any atom is 0.0468 e. The Balaban J connectivity index is 1.77. The van der Waals surface area contributed by atoms with E-state index in [1.165, 1.54) is 23.5 Å². The van der Waals surface area contributed by atoms with Crippen molar-refractivity contribution < 1.29 is 0 Å². The third-order valence-corrected chi connectivity index (χ3v) is 5.34. The van der Waals surface area contributed by atoms with Crippen molar-refractivity contribution in [1.29, 1.82) is 0 Å². The lowest BCUT2D eigenvalue weighted by Gasteiger charge is -2.22. The zero-order chi connectivity index (χ0) is 10.7. The highest BCUT2D eigenvalue weighted by molar-refractivity contribution is 8.00. The van der Waals surface area contributed by atoms with Crippen LogP contribution in [0.15, 0.2) is 11.4 Å². The number of nitrogen functional groups attached to an aromatic ring is 1. The van der Waals surface area contributed by atoms with E-state index in [0.29, 0.717) is 4.75 Å². The minimum atomic E-state index is 0.450. The van der Waals surface area contributed by atoms with Gasteiger partial charge in [0.2, 0.25) is 0 Å². The monoisotopic (exact) mass is 242 g/mol. The first-order chi connectivity index (χ1) is 7.20. The Hall–Kier alpha value is -0.190. The molecule has 4 heteroatoms. The first-order valence-electron chi connectivity index (χ1n) is 5.36. The lowest BCUT2D eigenvalue weighted by molar-refractivity contribution is 0.539. The zero-order valence-corrected chi connectivity index (χ0v) is 10.7. The van der Waals surface area contributed by atoms with Gasteiger partial charge < -0.3 is 11.1 Å². The fourth-order valence-corrected chi connectivity index (χ4v) is 3.95. The molecule has 0 saturated carbocycles. The summed E-state index contributed by atoms with van der Waals surface area (Å²) >= 11 is 3.83. The molecule has 1 aromatic rings. The van der Waals surface area contributed by atoms with Gasteiger partial charge in [-0.2, -0.15) is 11.8 Å². The Bertz CT molecular complexity index is 316. The molecule has 2 nitrogen and oxygen atoms in total. The fourth-order valence-electron chi connectivity index (χ4n) is 1.91. The van der Waals surface area contributed by atoms with Crippen molar-refractivity contribution in [2.45, 2.75) is 31.1 Å². The van der Waals surface area contributed by atoms with Crippen LogP contribution in [0, 0.1) is 0 Å². The summed E-state index contributed by atoms with van der Waals surface area (Å²) < 4.78 is 0.450. The number of thiophene rings is 1. The molecule has 0 aromatic carbocycles. The maximum absolute atomic E-state index is 5.83. The Morgan fingerprint density at radius 1 is 1.60 bits per heavy atom. The number of hydrogen-bond donors (Lipinski definition) is 2. The molecule has 84 valence electrons. The van der Waals surface area contributed by atoms with Gasteiger partial charge in [0, 0.05) is 28.4 Å². The molecule has 1 atom stereocenters. The number of hydrogen-bond acceptors (Lipinski definition) is 4. The van der Waals surface area contributed by atoms with E-state index in [1.54, 1.807) is 11.3 Å². The quantitative estimate of drug-likeness (QED) is 0.852. The minimum absolute atomic E-state index is 0.450. The number of nitrogens with one attached hydrogen (secondary N) is 1. The molecule has 1 aromatic heterocycles. The largest absolute Gasteiger partial charge is 0.398 e. The van der Waals surface area contributed by atoms with E-state index in [2.05, 4.69) is 29.4 Å². The Morgan fingerprint density at radius 2 is 2.47 bits per heavy atom. The average Bonchev–Trinajstić information content (AvgIpc) is 2.78. The number of thioether (sulfide) groups is 1. The molecule has 2 heterocycles. The van der Waals surface area contributed by atoms with Gasteiger partial charge in [-0.1, -0.05) is 0 Å². The minimum Gasteiger partial charge on any atom is -0.398 e. The molecular formula is C11H18N2S2. The van der Waals surface area contributed by atoms with Gasteiger partial charge in [-0.25, -0.2) is 0 Å². The van der Waals surface area contributed by atoms with Gasteiger partial charge in [0.05, 0.1) is 0 Å². The van der Waals surface area contributed by atoms with Crippen LogP contribution in [0.4, 0.5) is 5.69 Å². The van der Waals surface area contributed by atoms with Gasteiger partial charge in [0.25, 0.3) is 0 Å². The van der Waals surface area contributed by atoms with E-state index in [4.69, 9.17) is 5.73 Å². The highest BCUT2D eigenvalue weighted by atomic mass is 32.2. The van der Waals surface area contributed by atoms with Gasteiger partial charge in [-0.05, 0) is 37.0 Å². The van der Waals surface area contributed by atoms with Crippen molar-refractivity contribution >= 4 is 28.8 Å². The van der Waals surface area contributed by atoms with E-state index in [-0.39, 0.29) is 0 Å². The predicted octanol–water partition coefficient (Wildman–Crippen LogP) is 2.71. The SMILES string of the molecule is CC1(CNCc2sccc2N)CCCS1. The van der Waals surface area contributed by atoms with Crippen LogP contribution < -0.4 is 11.1 Å². The number of anilines is 1. The fraction of sp³-hybridized carbons (Fsp3) is 0.636. The van der Waals surface area contributed by atoms with E-state index in [1.807, 2.05) is 6.07 Å². The van der Waals surface area contributed by atoms with Crippen LogP contribution in [0.2, 0.25) is 0 Å². The van der Waals surface area contributed by atoms with Gasteiger partial charge >= 0.3 is 0 Å². The highest BCUT2D eigenvalue weighted by Crippen LogP contribution is 2.37. The van der Waals surface area contributed by atoms with Crippen LogP contribution >= 0.6 is 23.1 Å². The Labute approximate surface area is 99.6 Å². The summed E-state index contributed by atoms with van der Waals surface area (Å²) in [5.74, 6) is 1.32. The molecule has 1 aliphatic heterocycles. The van der Waals surface area contributed by atoms with Crippen LogP contribution in [0.1, 0.15) is 24.6 Å². The first-order valence-corrected chi connectivity index (χ1v) is 7.23. The van der Waals surface area contributed by atoms with Crippen molar-refractivity contribution in [2.75, 3.05) is 18.0 Å². The molecule has 3 N–H and O–H groups in total. The number of nitrogens with two attached hydrogens (primary N) is 1. The third kappa shape index (κ3) is 2.89. The Morgan fingerprint density at radius 3 is 3.07 bits per heavy atom. The highest BCUT2D eigenvalue weighted by Gasteiger charge is 2.28. The van der Waals surface area contributed by atoms with E-state index in [9.17, 15) is 0 Å². The van der Waals surface area contributed by atoms with Gasteiger partial charge in [0.15, 0.2) is 0 Å². The van der Waals surface area contributed by atoms with Gasteiger partial charge in [-0.15, -0.1) is 11.3 Å². The van der Waals surface area contributed by atoms with E-state index in [0.717, 1.165) is 18.8 Å². The van der Waals surface area contributed by atoms with Crippen molar-refractivity contribution in [3.8, 4) is 0 Å². The molecular weight excluding hydrogens is 224 g/mol. The predicted molar refractivity (Wildman–Crippen MR) is 70.5 cm³/mol. The molecule has 1 aliphatic rings. The smallest absolute Gasteiger partial charge is 0.0468 e. The molecule has 1 saturated heterocycles. The van der Waals surface area contributed by atoms with Crippen molar-refractivity contribution in [3.05, 3.63) is 16.3 Å². The molecule has 0 bridgehead atoms. The standard InChI is InChI=1S/C11H18N2S2/c1-11(4-2-5-15-11)8-13-7-10-9(12)3-6-14-10/h3,6,13H,2,4-5,7-8,12H2,1H3.